The molecule has 0 aliphatic carbocycles. The number of rotatable bonds is 8. The van der Waals surface area contributed by atoms with Gasteiger partial charge in [-0.25, -0.2) is 14.4 Å². The molecule has 14 heteroatoms. The smallest absolute Gasteiger partial charge is 0.348 e. The van der Waals surface area contributed by atoms with Gasteiger partial charge in [-0.15, -0.1) is 11.8 Å². The molecule has 3 aliphatic heterocycles. The third-order valence-electron chi connectivity index (χ3n) is 11.0. The average molecular weight is 907 g/mol. The highest BCUT2D eigenvalue weighted by Crippen LogP contribution is 2.50. The summed E-state index contributed by atoms with van der Waals surface area (Å²) in [5.74, 6) is -1.74. The van der Waals surface area contributed by atoms with Crippen molar-refractivity contribution in [1.29, 1.82) is 0 Å². The number of carboxylic acids is 2. The molecule has 3 aliphatic rings. The lowest BCUT2D eigenvalue weighted by Gasteiger charge is -2.38. The van der Waals surface area contributed by atoms with E-state index in [1.807, 2.05) is 63.4 Å². The first-order chi connectivity index (χ1) is 30.5. The number of hydrogen-bond acceptors (Lipinski definition) is 12. The van der Waals surface area contributed by atoms with Crippen molar-refractivity contribution in [2.24, 2.45) is 0 Å². The van der Waals surface area contributed by atoms with Crippen molar-refractivity contribution in [2.75, 3.05) is 46.6 Å². The normalized spacial score (nSPS) is 16.4. The summed E-state index contributed by atoms with van der Waals surface area (Å²) in [7, 11) is 3.75. The summed E-state index contributed by atoms with van der Waals surface area (Å²) in [4.78, 5) is 41.4. The van der Waals surface area contributed by atoms with Crippen LogP contribution in [-0.2, 0) is 22.4 Å². The number of likely N-dealkylation sites (N-methyl/N-ethyl adjacent to an activating group) is 1. The molecule has 0 spiro atoms. The Labute approximate surface area is 381 Å². The fourth-order valence-electron chi connectivity index (χ4n) is 7.71. The summed E-state index contributed by atoms with van der Waals surface area (Å²) in [5.41, 5.74) is 4.87. The van der Waals surface area contributed by atoms with Crippen LogP contribution in [0, 0.1) is 0 Å². The Morgan fingerprint density at radius 2 is 1.62 bits per heavy atom. The molecular weight excluding hydrogens is 853 g/mol. The first-order valence-corrected chi connectivity index (χ1v) is 22.8. The van der Waals surface area contributed by atoms with Gasteiger partial charge < -0.3 is 39.2 Å². The molecule has 4 aromatic carbocycles. The van der Waals surface area contributed by atoms with Crippen LogP contribution in [0.2, 0.25) is 0 Å². The number of thioether (sulfide) groups is 1. The summed E-state index contributed by atoms with van der Waals surface area (Å²) >= 11 is 3.79. The summed E-state index contributed by atoms with van der Waals surface area (Å²) < 4.78 is 17.8. The van der Waals surface area contributed by atoms with E-state index < -0.39 is 23.2 Å². The van der Waals surface area contributed by atoms with E-state index in [0.717, 1.165) is 30.6 Å². The van der Waals surface area contributed by atoms with Crippen LogP contribution in [0.1, 0.15) is 56.0 Å². The first kappa shape index (κ1) is 47.5. The van der Waals surface area contributed by atoms with E-state index in [0.29, 0.717) is 52.6 Å². The van der Waals surface area contributed by atoms with Crippen LogP contribution >= 0.6 is 23.5 Å². The second kappa shape index (κ2) is 20.7. The van der Waals surface area contributed by atoms with Crippen LogP contribution in [-0.4, -0.2) is 94.4 Å². The maximum absolute atomic E-state index is 12.9. The molecule has 0 bridgehead atoms. The van der Waals surface area contributed by atoms with Crippen LogP contribution in [0.4, 0.5) is 0 Å². The Kier molecular flexibility index (Phi) is 15.4. The Balaban J connectivity index is 0.000000187. The van der Waals surface area contributed by atoms with Gasteiger partial charge >= 0.3 is 17.6 Å². The molecule has 4 heterocycles. The van der Waals surface area contributed by atoms with Gasteiger partial charge in [-0.05, 0) is 119 Å². The lowest BCUT2D eigenvalue weighted by Crippen LogP contribution is -2.46. The van der Waals surface area contributed by atoms with Gasteiger partial charge in [-0.2, -0.15) is 0 Å². The Bertz CT molecular complexity index is 2660. The number of phenolic OH excluding ortho intramolecular Hbond substituents is 1. The van der Waals surface area contributed by atoms with E-state index >= 15 is 0 Å². The first-order valence-electron chi connectivity index (χ1n) is 20.7. The molecule has 1 atom stereocenters. The molecule has 1 unspecified atom stereocenters. The number of fused-ring (bicyclic) bond motifs is 5. The van der Waals surface area contributed by atoms with Crippen molar-refractivity contribution in [3.8, 4) is 34.1 Å². The van der Waals surface area contributed by atoms with Crippen molar-refractivity contribution < 1.29 is 43.9 Å². The number of aromatic hydroxyl groups is 2. The number of carboxylic acid groups (broad SMARTS) is 2. The highest BCUT2D eigenvalue weighted by atomic mass is 32.2. The van der Waals surface area contributed by atoms with E-state index in [1.165, 1.54) is 58.1 Å². The molecule has 0 saturated carbocycles. The van der Waals surface area contributed by atoms with Crippen molar-refractivity contribution in [2.45, 2.75) is 66.9 Å². The molecule has 0 radical (unpaired) electrons. The van der Waals surface area contributed by atoms with Gasteiger partial charge in [0, 0.05) is 64.6 Å². The number of piperazine rings is 1. The standard InChI is InChI=1S/C26H26O6.C20H24N2S2.C4H4O4/c1-14(2)6-11-17-22-18(12-13-26(3,4)32-22)24-20(23(17)30-5)21(28)19(25(29)31-24)15-7-9-16(27)10-8-15;1-21-9-11-22(12-10-21)18-13-15-5-3-4-6-19(15)24-20-8-7-16(23-2)14-17(18)20;5-3(6)1-2-4(7)8/h6-10,12-13,27-28H,11H2,1-5H3;3-8,14,18H,9-13H2,1-2H3;1-2H,(H,5,6)(H,7,8). The molecule has 64 heavy (non-hydrogen) atoms. The zero-order chi connectivity index (χ0) is 46.3. The maximum Gasteiger partial charge on any atom is 0.348 e. The minimum absolute atomic E-state index is 0.00458. The third-order valence-corrected chi connectivity index (χ3v) is 12.9. The lowest BCUT2D eigenvalue weighted by molar-refractivity contribution is -0.134. The fraction of sp³-hybridized carbons (Fsp3) is 0.300. The number of nitrogens with zero attached hydrogens (tertiary/aromatic N) is 2. The molecular formula is C50H54N2O10S2. The SMILES string of the molecule is COc1c(CC=C(C)C)c2c(c3oc(=O)c(-c4ccc(O)cc4)c(O)c13)C=CC(C)(C)O2.CSc1ccc2c(c1)C(N1CCN(C)CC1)Cc1ccccc1S2.O=C(O)C=CC(=O)O. The zero-order valence-corrected chi connectivity index (χ0v) is 38.6. The number of hydrogen-bond donors (Lipinski definition) is 4. The molecule has 12 nitrogen and oxygen atoms in total. The van der Waals surface area contributed by atoms with Gasteiger partial charge in [0.25, 0.3) is 0 Å². The molecule has 1 aromatic heterocycles. The number of carbonyl (C=O) groups is 2. The summed E-state index contributed by atoms with van der Waals surface area (Å²) in [6.45, 7) is 12.6. The van der Waals surface area contributed by atoms with Gasteiger partial charge in [0.05, 0.1) is 12.7 Å². The molecule has 1 saturated heterocycles. The molecule has 5 aromatic rings. The van der Waals surface area contributed by atoms with Gasteiger partial charge in [-0.1, -0.05) is 53.7 Å². The highest BCUT2D eigenvalue weighted by Gasteiger charge is 2.33. The molecule has 1 fully saturated rings. The van der Waals surface area contributed by atoms with E-state index in [-0.39, 0.29) is 22.6 Å². The van der Waals surface area contributed by atoms with E-state index in [2.05, 4.69) is 71.6 Å². The van der Waals surface area contributed by atoms with Crippen LogP contribution in [0.15, 0.2) is 121 Å². The van der Waals surface area contributed by atoms with Gasteiger partial charge in [-0.3, -0.25) is 4.90 Å². The van der Waals surface area contributed by atoms with Crippen molar-refractivity contribution in [1.82, 2.24) is 9.80 Å². The molecule has 4 N–H and O–H groups in total. The number of methoxy groups -OCH3 is 1. The lowest BCUT2D eigenvalue weighted by atomic mass is 9.93. The van der Waals surface area contributed by atoms with Crippen LogP contribution < -0.4 is 15.1 Å². The summed E-state index contributed by atoms with van der Waals surface area (Å²) in [6, 6.07) is 22.5. The minimum Gasteiger partial charge on any atom is -0.508 e. The maximum atomic E-state index is 12.9. The second-order valence-electron chi connectivity index (χ2n) is 16.3. The zero-order valence-electron chi connectivity index (χ0n) is 37.0. The summed E-state index contributed by atoms with van der Waals surface area (Å²) in [6.07, 6.45) is 10.7. The van der Waals surface area contributed by atoms with Crippen molar-refractivity contribution >= 4 is 52.5 Å². The Hall–Kier alpha value is -5.93. The number of ether oxygens (including phenoxy) is 2. The highest BCUT2D eigenvalue weighted by molar-refractivity contribution is 7.99. The van der Waals surface area contributed by atoms with E-state index in [1.54, 1.807) is 12.1 Å². The number of allylic oxidation sites excluding steroid dienone is 2. The van der Waals surface area contributed by atoms with Crippen LogP contribution in [0.25, 0.3) is 28.2 Å². The van der Waals surface area contributed by atoms with Crippen LogP contribution in [0.3, 0.4) is 0 Å². The van der Waals surface area contributed by atoms with E-state index in [4.69, 9.17) is 24.1 Å². The fourth-order valence-corrected chi connectivity index (χ4v) is 9.27. The quantitative estimate of drug-likeness (QED) is 0.0502. The van der Waals surface area contributed by atoms with E-state index in [9.17, 15) is 24.6 Å². The topological polar surface area (TPSA) is 170 Å². The predicted octanol–water partition coefficient (Wildman–Crippen LogP) is 9.69. The van der Waals surface area contributed by atoms with Gasteiger partial charge in [0.15, 0.2) is 5.58 Å². The summed E-state index contributed by atoms with van der Waals surface area (Å²) in [5, 5.41) is 36.8. The van der Waals surface area contributed by atoms with Crippen molar-refractivity contribution in [3.63, 3.8) is 0 Å². The molecule has 0 amide bonds. The number of benzene rings is 4. The predicted molar refractivity (Wildman–Crippen MR) is 253 cm³/mol. The van der Waals surface area contributed by atoms with Crippen LogP contribution in [0.5, 0.6) is 23.0 Å². The monoisotopic (exact) mass is 906 g/mol. The largest absolute Gasteiger partial charge is 0.508 e. The van der Waals surface area contributed by atoms with Crippen molar-refractivity contribution in [3.05, 3.63) is 129 Å². The molecule has 336 valence electrons. The molecule has 8 rings (SSSR count). The second-order valence-corrected chi connectivity index (χ2v) is 18.3. The van der Waals surface area contributed by atoms with Gasteiger partial charge in [0.2, 0.25) is 0 Å². The number of aliphatic carboxylic acids is 2. The Morgan fingerprint density at radius 1 is 0.953 bits per heavy atom. The average Bonchev–Trinajstić information content (AvgIpc) is 3.42. The minimum atomic E-state index is -1.26. The Morgan fingerprint density at radius 3 is 2.25 bits per heavy atom. The number of phenols is 1. The van der Waals surface area contributed by atoms with Gasteiger partial charge in [0.1, 0.15) is 39.5 Å². The third kappa shape index (κ3) is 11.2.